The molecular formula is C14H17ClF3NO. The lowest BCUT2D eigenvalue weighted by Crippen LogP contribution is -2.31. The first-order valence-electron chi connectivity index (χ1n) is 6.30. The summed E-state index contributed by atoms with van der Waals surface area (Å²) in [6, 6.07) is 4.70. The van der Waals surface area contributed by atoms with Crippen molar-refractivity contribution in [3.63, 3.8) is 0 Å². The summed E-state index contributed by atoms with van der Waals surface area (Å²) in [5, 5.41) is 2.15. The molecule has 0 aliphatic rings. The fraction of sp³-hybridized carbons (Fsp3) is 0.500. The monoisotopic (exact) mass is 307 g/mol. The average molecular weight is 308 g/mol. The first-order valence-corrected chi connectivity index (χ1v) is 6.74. The van der Waals surface area contributed by atoms with E-state index in [-0.39, 0.29) is 17.5 Å². The largest absolute Gasteiger partial charge is 0.417 e. The zero-order chi connectivity index (χ0) is 15.3. The number of rotatable bonds is 5. The Balaban J connectivity index is 2.74. The highest BCUT2D eigenvalue weighted by atomic mass is 35.5. The molecule has 0 aromatic heterocycles. The SMILES string of the molecule is CC(C)CC(Cl)CNC(=O)c1ccccc1C(F)(F)F. The molecule has 1 aromatic carbocycles. The van der Waals surface area contributed by atoms with Crippen molar-refractivity contribution in [3.05, 3.63) is 35.4 Å². The van der Waals surface area contributed by atoms with Crippen LogP contribution >= 0.6 is 11.6 Å². The van der Waals surface area contributed by atoms with Gasteiger partial charge in [-0.25, -0.2) is 0 Å². The van der Waals surface area contributed by atoms with Crippen molar-refractivity contribution >= 4 is 17.5 Å². The van der Waals surface area contributed by atoms with Crippen molar-refractivity contribution < 1.29 is 18.0 Å². The van der Waals surface area contributed by atoms with E-state index < -0.39 is 17.6 Å². The number of amides is 1. The van der Waals surface area contributed by atoms with Gasteiger partial charge in [0, 0.05) is 6.54 Å². The van der Waals surface area contributed by atoms with E-state index >= 15 is 0 Å². The maximum atomic E-state index is 12.8. The van der Waals surface area contributed by atoms with E-state index in [9.17, 15) is 18.0 Å². The highest BCUT2D eigenvalue weighted by Gasteiger charge is 2.34. The van der Waals surface area contributed by atoms with Gasteiger partial charge in [-0.15, -0.1) is 11.6 Å². The van der Waals surface area contributed by atoms with Gasteiger partial charge in [0.25, 0.3) is 5.91 Å². The Morgan fingerprint density at radius 3 is 2.45 bits per heavy atom. The fourth-order valence-corrected chi connectivity index (χ4v) is 2.26. The summed E-state index contributed by atoms with van der Waals surface area (Å²) in [6.45, 7) is 4.11. The molecule has 0 spiro atoms. The molecule has 0 fully saturated rings. The molecule has 1 atom stereocenters. The van der Waals surface area contributed by atoms with E-state index in [1.807, 2.05) is 13.8 Å². The molecule has 1 N–H and O–H groups in total. The maximum absolute atomic E-state index is 12.8. The average Bonchev–Trinajstić information content (AvgIpc) is 2.34. The van der Waals surface area contributed by atoms with Gasteiger partial charge in [-0.3, -0.25) is 4.79 Å². The summed E-state index contributed by atoms with van der Waals surface area (Å²) in [5.41, 5.74) is -1.32. The number of benzene rings is 1. The number of nitrogens with one attached hydrogen (secondary N) is 1. The van der Waals surface area contributed by atoms with E-state index in [1.54, 1.807) is 0 Å². The molecular weight excluding hydrogens is 291 g/mol. The minimum Gasteiger partial charge on any atom is -0.351 e. The zero-order valence-corrected chi connectivity index (χ0v) is 12.1. The number of hydrogen-bond donors (Lipinski definition) is 1. The van der Waals surface area contributed by atoms with Crippen LogP contribution in [0.4, 0.5) is 13.2 Å². The summed E-state index contributed by atoms with van der Waals surface area (Å²) < 4.78 is 38.3. The highest BCUT2D eigenvalue weighted by Crippen LogP contribution is 2.31. The third-order valence-electron chi connectivity index (χ3n) is 2.69. The van der Waals surface area contributed by atoms with Gasteiger partial charge in [0.05, 0.1) is 16.5 Å². The van der Waals surface area contributed by atoms with E-state index in [4.69, 9.17) is 11.6 Å². The van der Waals surface area contributed by atoms with E-state index in [1.165, 1.54) is 12.1 Å². The number of carbonyl (C=O) groups is 1. The van der Waals surface area contributed by atoms with Crippen LogP contribution in [0.1, 0.15) is 36.2 Å². The van der Waals surface area contributed by atoms with Crippen molar-refractivity contribution in [2.24, 2.45) is 5.92 Å². The van der Waals surface area contributed by atoms with Crippen molar-refractivity contribution in [2.75, 3.05) is 6.54 Å². The topological polar surface area (TPSA) is 29.1 Å². The Kier molecular flexibility index (Phi) is 5.87. The van der Waals surface area contributed by atoms with Crippen molar-refractivity contribution in [3.8, 4) is 0 Å². The van der Waals surface area contributed by atoms with Crippen molar-refractivity contribution in [2.45, 2.75) is 31.8 Å². The van der Waals surface area contributed by atoms with Crippen LogP contribution in [0.2, 0.25) is 0 Å². The Hall–Kier alpha value is -1.23. The molecule has 0 radical (unpaired) electrons. The third-order valence-corrected chi connectivity index (χ3v) is 3.02. The molecule has 1 amide bonds. The van der Waals surface area contributed by atoms with E-state index in [0.29, 0.717) is 12.3 Å². The molecule has 20 heavy (non-hydrogen) atoms. The maximum Gasteiger partial charge on any atom is 0.417 e. The molecule has 1 unspecified atom stereocenters. The van der Waals surface area contributed by atoms with E-state index in [2.05, 4.69) is 5.32 Å². The molecule has 0 saturated carbocycles. The summed E-state index contributed by atoms with van der Waals surface area (Å²) in [7, 11) is 0. The number of carbonyl (C=O) groups excluding carboxylic acids is 1. The second-order valence-corrected chi connectivity index (χ2v) is 5.60. The van der Waals surface area contributed by atoms with Gasteiger partial charge in [-0.1, -0.05) is 26.0 Å². The van der Waals surface area contributed by atoms with E-state index in [0.717, 1.165) is 12.1 Å². The Morgan fingerprint density at radius 1 is 1.30 bits per heavy atom. The normalized spacial score (nSPS) is 13.3. The molecule has 1 aromatic rings. The van der Waals surface area contributed by atoms with Crippen LogP contribution in [-0.4, -0.2) is 17.8 Å². The van der Waals surface area contributed by atoms with Crippen LogP contribution in [0.15, 0.2) is 24.3 Å². The number of alkyl halides is 4. The second kappa shape index (κ2) is 6.97. The van der Waals surface area contributed by atoms with Gasteiger partial charge in [-0.2, -0.15) is 13.2 Å². The quantitative estimate of drug-likeness (QED) is 0.816. The van der Waals surface area contributed by atoms with Crippen LogP contribution in [0, 0.1) is 5.92 Å². The molecule has 0 saturated heterocycles. The molecule has 0 aliphatic heterocycles. The lowest BCUT2D eigenvalue weighted by molar-refractivity contribution is -0.137. The first-order chi connectivity index (χ1) is 9.21. The summed E-state index contributed by atoms with van der Waals surface area (Å²) >= 11 is 6.00. The summed E-state index contributed by atoms with van der Waals surface area (Å²) in [4.78, 5) is 11.8. The summed E-state index contributed by atoms with van der Waals surface area (Å²) in [6.07, 6.45) is -3.87. The summed E-state index contributed by atoms with van der Waals surface area (Å²) in [5.74, 6) is -0.399. The fourth-order valence-electron chi connectivity index (χ4n) is 1.82. The molecule has 112 valence electrons. The van der Waals surface area contributed by atoms with Crippen LogP contribution in [0.5, 0.6) is 0 Å². The van der Waals surface area contributed by atoms with Crippen LogP contribution in [0.3, 0.4) is 0 Å². The molecule has 6 heteroatoms. The van der Waals surface area contributed by atoms with Gasteiger partial charge in [0.15, 0.2) is 0 Å². The van der Waals surface area contributed by atoms with Crippen LogP contribution in [-0.2, 0) is 6.18 Å². The minimum absolute atomic E-state index is 0.144. The lowest BCUT2D eigenvalue weighted by Gasteiger charge is -2.15. The smallest absolute Gasteiger partial charge is 0.351 e. The van der Waals surface area contributed by atoms with Gasteiger partial charge in [-0.05, 0) is 24.5 Å². The van der Waals surface area contributed by atoms with Gasteiger partial charge < -0.3 is 5.32 Å². The number of hydrogen-bond acceptors (Lipinski definition) is 1. The Bertz CT molecular complexity index is 460. The first kappa shape index (κ1) is 16.8. The molecule has 2 nitrogen and oxygen atoms in total. The van der Waals surface area contributed by atoms with Gasteiger partial charge in [0.1, 0.15) is 0 Å². The zero-order valence-electron chi connectivity index (χ0n) is 11.3. The Labute approximate surface area is 121 Å². The predicted octanol–water partition coefficient (Wildman–Crippen LogP) is 4.09. The van der Waals surface area contributed by atoms with Crippen molar-refractivity contribution in [1.29, 1.82) is 0 Å². The third kappa shape index (κ3) is 5.04. The minimum atomic E-state index is -4.55. The molecule has 0 aliphatic carbocycles. The lowest BCUT2D eigenvalue weighted by atomic mass is 10.1. The molecule has 1 rings (SSSR count). The van der Waals surface area contributed by atoms with Crippen molar-refractivity contribution in [1.82, 2.24) is 5.32 Å². The number of halogens is 4. The second-order valence-electron chi connectivity index (χ2n) is 4.98. The van der Waals surface area contributed by atoms with Crippen LogP contribution < -0.4 is 5.32 Å². The standard InChI is InChI=1S/C14H17ClF3NO/c1-9(2)7-10(15)8-19-13(20)11-5-3-4-6-12(11)14(16,17)18/h3-6,9-10H,7-8H2,1-2H3,(H,19,20). The molecule has 0 bridgehead atoms. The van der Waals surface area contributed by atoms with Crippen LogP contribution in [0.25, 0.3) is 0 Å². The predicted molar refractivity (Wildman–Crippen MR) is 72.9 cm³/mol. The van der Waals surface area contributed by atoms with Gasteiger partial charge in [0.2, 0.25) is 0 Å². The molecule has 0 heterocycles. The highest BCUT2D eigenvalue weighted by molar-refractivity contribution is 6.21. The van der Waals surface area contributed by atoms with Gasteiger partial charge >= 0.3 is 6.18 Å². The Morgan fingerprint density at radius 2 is 1.90 bits per heavy atom.